The van der Waals surface area contributed by atoms with Gasteiger partial charge in [-0.1, -0.05) is 13.3 Å². The van der Waals surface area contributed by atoms with E-state index in [-0.39, 0.29) is 0 Å². The molecule has 1 aromatic carbocycles. The second kappa shape index (κ2) is 4.38. The fourth-order valence-corrected chi connectivity index (χ4v) is 3.52. The Bertz CT molecular complexity index is 442. The Kier molecular flexibility index (Phi) is 2.84. The first-order chi connectivity index (χ1) is 8.77. The maximum atomic E-state index is 10.4. The summed E-state index contributed by atoms with van der Waals surface area (Å²) < 4.78 is 0. The minimum absolute atomic E-state index is 0.515. The zero-order chi connectivity index (χ0) is 12.6. The Morgan fingerprint density at radius 1 is 1.33 bits per heavy atom. The summed E-state index contributed by atoms with van der Waals surface area (Å²) >= 11 is 0. The van der Waals surface area contributed by atoms with Gasteiger partial charge in [0, 0.05) is 18.8 Å². The number of nitrogens with zero attached hydrogens (tertiary/aromatic N) is 2. The van der Waals surface area contributed by atoms with Crippen molar-refractivity contribution in [3.63, 3.8) is 0 Å². The van der Waals surface area contributed by atoms with Gasteiger partial charge in [-0.05, 0) is 60.0 Å². The average Bonchev–Trinajstić information content (AvgIpc) is 3.14. The van der Waals surface area contributed by atoms with E-state index < -0.39 is 0 Å². The van der Waals surface area contributed by atoms with E-state index in [2.05, 4.69) is 17.0 Å². The summed E-state index contributed by atoms with van der Waals surface area (Å²) in [5.41, 5.74) is 2.41. The predicted molar refractivity (Wildman–Crippen MR) is 74.2 cm³/mol. The van der Waals surface area contributed by atoms with Crippen LogP contribution in [0, 0.1) is 16.2 Å². The Balaban J connectivity index is 1.71. The van der Waals surface area contributed by atoms with Gasteiger partial charge in [-0.25, -0.2) is 0 Å². The third-order valence-corrected chi connectivity index (χ3v) is 5.01. The normalized spacial score (nSPS) is 30.5. The van der Waals surface area contributed by atoms with E-state index in [9.17, 15) is 4.91 Å². The van der Waals surface area contributed by atoms with E-state index in [4.69, 9.17) is 0 Å². The number of nitroso groups, excluding NO2 is 1. The molecule has 3 nitrogen and oxygen atoms in total. The molecule has 1 aliphatic heterocycles. The van der Waals surface area contributed by atoms with Gasteiger partial charge in [0.25, 0.3) is 0 Å². The van der Waals surface area contributed by atoms with Gasteiger partial charge in [0.05, 0.1) is 0 Å². The number of hydrogen-bond donors (Lipinski definition) is 0. The molecule has 0 spiro atoms. The van der Waals surface area contributed by atoms with Crippen LogP contribution >= 0.6 is 0 Å². The van der Waals surface area contributed by atoms with Crippen LogP contribution in [0.5, 0.6) is 0 Å². The summed E-state index contributed by atoms with van der Waals surface area (Å²) in [5, 5.41) is 2.95. The van der Waals surface area contributed by atoms with Crippen LogP contribution in [-0.4, -0.2) is 13.1 Å². The number of benzene rings is 1. The highest BCUT2D eigenvalue weighted by Gasteiger charge is 2.52. The lowest BCUT2D eigenvalue weighted by Crippen LogP contribution is -2.25. The summed E-state index contributed by atoms with van der Waals surface area (Å²) in [4.78, 5) is 12.9. The lowest BCUT2D eigenvalue weighted by Gasteiger charge is -2.24. The van der Waals surface area contributed by atoms with Crippen molar-refractivity contribution in [2.75, 3.05) is 18.0 Å². The molecule has 18 heavy (non-hydrogen) atoms. The first-order valence-electron chi connectivity index (χ1n) is 6.96. The fourth-order valence-electron chi connectivity index (χ4n) is 3.52. The molecular formula is C15H20N2O. The molecule has 2 aliphatic rings. The highest BCUT2D eigenvalue weighted by Crippen LogP contribution is 2.60. The molecule has 0 N–H and O–H groups in total. The molecule has 1 aliphatic carbocycles. The molecule has 1 saturated carbocycles. The zero-order valence-electron chi connectivity index (χ0n) is 10.9. The Labute approximate surface area is 108 Å². The highest BCUT2D eigenvalue weighted by atomic mass is 16.3. The lowest BCUT2D eigenvalue weighted by molar-refractivity contribution is 0.421. The van der Waals surface area contributed by atoms with Gasteiger partial charge in [0.15, 0.2) is 0 Å². The second-order valence-electron chi connectivity index (χ2n) is 5.75. The van der Waals surface area contributed by atoms with Crippen LogP contribution in [0.15, 0.2) is 29.4 Å². The largest absolute Gasteiger partial charge is 0.372 e. The van der Waals surface area contributed by atoms with Crippen molar-refractivity contribution in [2.24, 2.45) is 16.5 Å². The Morgan fingerprint density at radius 2 is 2.11 bits per heavy atom. The fraction of sp³-hybridized carbons (Fsp3) is 0.600. The monoisotopic (exact) mass is 244 g/mol. The average molecular weight is 244 g/mol. The zero-order valence-corrected chi connectivity index (χ0v) is 10.9. The van der Waals surface area contributed by atoms with E-state index in [0.717, 1.165) is 19.0 Å². The van der Waals surface area contributed by atoms with E-state index >= 15 is 0 Å². The summed E-state index contributed by atoms with van der Waals surface area (Å²) in [6.45, 7) is 4.64. The van der Waals surface area contributed by atoms with Gasteiger partial charge in [-0.3, -0.25) is 0 Å². The van der Waals surface area contributed by atoms with E-state index in [1.807, 2.05) is 24.3 Å². The van der Waals surface area contributed by atoms with Crippen LogP contribution in [0.3, 0.4) is 0 Å². The quantitative estimate of drug-likeness (QED) is 0.750. The third-order valence-electron chi connectivity index (χ3n) is 5.01. The van der Waals surface area contributed by atoms with Gasteiger partial charge in [-0.15, -0.1) is 4.91 Å². The smallest absolute Gasteiger partial charge is 0.108 e. The van der Waals surface area contributed by atoms with Gasteiger partial charge < -0.3 is 4.90 Å². The number of anilines is 1. The first-order valence-corrected chi connectivity index (χ1v) is 6.96. The van der Waals surface area contributed by atoms with Crippen LogP contribution < -0.4 is 4.90 Å². The van der Waals surface area contributed by atoms with Gasteiger partial charge in [0.1, 0.15) is 5.69 Å². The van der Waals surface area contributed by atoms with Gasteiger partial charge in [0.2, 0.25) is 0 Å². The van der Waals surface area contributed by atoms with Crippen molar-refractivity contribution >= 4 is 11.4 Å². The van der Waals surface area contributed by atoms with Crippen molar-refractivity contribution in [1.82, 2.24) is 0 Å². The molecule has 3 rings (SSSR count). The minimum atomic E-state index is 0.515. The first kappa shape index (κ1) is 11.7. The predicted octanol–water partition coefficient (Wildman–Crippen LogP) is 4.10. The van der Waals surface area contributed by atoms with E-state index in [1.54, 1.807) is 0 Å². The molecule has 2 atom stereocenters. The summed E-state index contributed by atoms with van der Waals surface area (Å²) in [6.07, 6.45) is 5.42. The molecule has 0 amide bonds. The van der Waals surface area contributed by atoms with Crippen molar-refractivity contribution < 1.29 is 0 Å². The molecule has 2 fully saturated rings. The number of fused-ring (bicyclic) bond motifs is 1. The third kappa shape index (κ3) is 1.92. The lowest BCUT2D eigenvalue weighted by atomic mass is 9.96. The summed E-state index contributed by atoms with van der Waals surface area (Å²) in [6, 6.07) is 7.66. The van der Waals surface area contributed by atoms with Gasteiger partial charge in [-0.2, -0.15) is 0 Å². The molecule has 2 unspecified atom stereocenters. The molecule has 3 heteroatoms. The molecule has 1 heterocycles. The van der Waals surface area contributed by atoms with Crippen molar-refractivity contribution in [1.29, 1.82) is 0 Å². The maximum absolute atomic E-state index is 10.4. The van der Waals surface area contributed by atoms with Crippen LogP contribution in [0.4, 0.5) is 11.4 Å². The molecular weight excluding hydrogens is 224 g/mol. The van der Waals surface area contributed by atoms with Crippen LogP contribution in [0.2, 0.25) is 0 Å². The molecule has 1 aromatic rings. The second-order valence-corrected chi connectivity index (χ2v) is 5.75. The summed E-state index contributed by atoms with van der Waals surface area (Å²) in [5.74, 6) is 0.961. The summed E-state index contributed by atoms with van der Waals surface area (Å²) in [7, 11) is 0. The molecule has 1 saturated heterocycles. The molecule has 0 radical (unpaired) electrons. The molecule has 0 aromatic heterocycles. The van der Waals surface area contributed by atoms with Crippen molar-refractivity contribution in [3.8, 4) is 0 Å². The van der Waals surface area contributed by atoms with E-state index in [1.165, 1.54) is 31.4 Å². The standard InChI is InChI=1S/C15H20N2O/c1-2-15-8-10-17(9-7-12(15)11-15)14-5-3-13(16-18)4-6-14/h3-6,12H,2,7-11H2,1H3. The van der Waals surface area contributed by atoms with Crippen LogP contribution in [-0.2, 0) is 0 Å². The molecule has 0 bridgehead atoms. The SMILES string of the molecule is CCC12CCN(c3ccc(N=O)cc3)CCC1C2. The van der Waals surface area contributed by atoms with Crippen molar-refractivity contribution in [2.45, 2.75) is 32.6 Å². The number of hydrogen-bond acceptors (Lipinski definition) is 3. The topological polar surface area (TPSA) is 32.7 Å². The van der Waals surface area contributed by atoms with Crippen LogP contribution in [0.1, 0.15) is 32.6 Å². The maximum Gasteiger partial charge on any atom is 0.108 e. The van der Waals surface area contributed by atoms with Gasteiger partial charge >= 0.3 is 0 Å². The Hall–Kier alpha value is -1.38. The Morgan fingerprint density at radius 3 is 2.78 bits per heavy atom. The number of rotatable bonds is 3. The minimum Gasteiger partial charge on any atom is -0.372 e. The molecule has 96 valence electrons. The van der Waals surface area contributed by atoms with Crippen molar-refractivity contribution in [3.05, 3.63) is 29.2 Å². The van der Waals surface area contributed by atoms with E-state index in [0.29, 0.717) is 11.1 Å². The highest BCUT2D eigenvalue weighted by molar-refractivity contribution is 5.53. The van der Waals surface area contributed by atoms with Crippen LogP contribution in [0.25, 0.3) is 0 Å².